The Bertz CT molecular complexity index is 727. The van der Waals surface area contributed by atoms with Crippen LogP contribution < -0.4 is 4.90 Å². The summed E-state index contributed by atoms with van der Waals surface area (Å²) >= 11 is 0. The van der Waals surface area contributed by atoms with Gasteiger partial charge in [0.2, 0.25) is 0 Å². The number of carboxylic acids is 1. The summed E-state index contributed by atoms with van der Waals surface area (Å²) in [5.41, 5.74) is 0.274. The van der Waals surface area contributed by atoms with E-state index in [1.807, 2.05) is 13.0 Å². The van der Waals surface area contributed by atoms with E-state index in [4.69, 9.17) is 0 Å². The molecular formula is C14H17N5O2. The standard InChI is InChI=1S/C14H17N5O2/c1-9-5-11(19-13(17-9)15-8-16-19)18-6-10-3-2-4-14(10,7-18)12(20)21/h5,8,10H,2-4,6-7H2,1H3,(H,20,21)/t10-,14+/m0/s1. The number of hydrogen-bond acceptors (Lipinski definition) is 5. The number of aromatic nitrogens is 4. The molecule has 1 saturated heterocycles. The van der Waals surface area contributed by atoms with Crippen molar-refractivity contribution in [2.45, 2.75) is 26.2 Å². The Morgan fingerprint density at radius 1 is 1.52 bits per heavy atom. The molecule has 7 nitrogen and oxygen atoms in total. The molecule has 3 heterocycles. The van der Waals surface area contributed by atoms with Crippen molar-refractivity contribution < 1.29 is 9.90 Å². The number of anilines is 1. The van der Waals surface area contributed by atoms with Crippen molar-refractivity contribution in [2.24, 2.45) is 11.3 Å². The van der Waals surface area contributed by atoms with Crippen molar-refractivity contribution in [3.63, 3.8) is 0 Å². The molecule has 0 bridgehead atoms. The molecule has 2 aromatic rings. The van der Waals surface area contributed by atoms with Gasteiger partial charge in [0.05, 0.1) is 5.41 Å². The molecule has 1 aliphatic carbocycles. The summed E-state index contributed by atoms with van der Waals surface area (Å²) in [4.78, 5) is 22.4. The minimum Gasteiger partial charge on any atom is -0.481 e. The predicted molar refractivity (Wildman–Crippen MR) is 75.1 cm³/mol. The van der Waals surface area contributed by atoms with E-state index in [0.29, 0.717) is 12.3 Å². The molecule has 0 amide bonds. The van der Waals surface area contributed by atoms with E-state index in [0.717, 1.165) is 37.3 Å². The number of rotatable bonds is 2. The number of nitrogens with zero attached hydrogens (tertiary/aromatic N) is 5. The highest BCUT2D eigenvalue weighted by Gasteiger charge is 2.55. The first-order valence-electron chi connectivity index (χ1n) is 7.26. The van der Waals surface area contributed by atoms with Crippen molar-refractivity contribution in [2.75, 3.05) is 18.0 Å². The summed E-state index contributed by atoms with van der Waals surface area (Å²) in [6.45, 7) is 3.23. The lowest BCUT2D eigenvalue weighted by molar-refractivity contribution is -0.149. The molecule has 0 aromatic carbocycles. The van der Waals surface area contributed by atoms with E-state index in [9.17, 15) is 9.90 Å². The van der Waals surface area contributed by atoms with Crippen LogP contribution >= 0.6 is 0 Å². The Morgan fingerprint density at radius 3 is 3.14 bits per heavy atom. The highest BCUT2D eigenvalue weighted by Crippen LogP contribution is 2.49. The number of fused-ring (bicyclic) bond motifs is 2. The van der Waals surface area contributed by atoms with Gasteiger partial charge in [-0.05, 0) is 25.7 Å². The monoisotopic (exact) mass is 287 g/mol. The lowest BCUT2D eigenvalue weighted by atomic mass is 9.81. The lowest BCUT2D eigenvalue weighted by Crippen LogP contribution is -2.36. The Balaban J connectivity index is 1.78. The first-order valence-corrected chi connectivity index (χ1v) is 7.26. The fraction of sp³-hybridized carbons (Fsp3) is 0.571. The molecule has 110 valence electrons. The second kappa shape index (κ2) is 4.16. The van der Waals surface area contributed by atoms with E-state index < -0.39 is 11.4 Å². The number of hydrogen-bond donors (Lipinski definition) is 1. The van der Waals surface area contributed by atoms with Crippen molar-refractivity contribution in [1.82, 2.24) is 19.6 Å². The number of aliphatic carboxylic acids is 1. The third-order valence-corrected chi connectivity index (χ3v) is 4.98. The Hall–Kier alpha value is -2.18. The van der Waals surface area contributed by atoms with Crippen LogP contribution in [0.2, 0.25) is 0 Å². The normalized spacial score (nSPS) is 28.2. The van der Waals surface area contributed by atoms with Crippen molar-refractivity contribution in [3.8, 4) is 0 Å². The Morgan fingerprint density at radius 2 is 2.38 bits per heavy atom. The summed E-state index contributed by atoms with van der Waals surface area (Å²) in [5, 5.41) is 13.9. The summed E-state index contributed by atoms with van der Waals surface area (Å²) in [5.74, 6) is 1.02. The van der Waals surface area contributed by atoms with E-state index >= 15 is 0 Å². The molecule has 1 saturated carbocycles. The number of carbonyl (C=O) groups is 1. The molecule has 21 heavy (non-hydrogen) atoms. The van der Waals surface area contributed by atoms with Gasteiger partial charge in [-0.15, -0.1) is 0 Å². The van der Waals surface area contributed by atoms with Gasteiger partial charge in [0.25, 0.3) is 5.78 Å². The van der Waals surface area contributed by atoms with Gasteiger partial charge in [0.15, 0.2) is 0 Å². The molecule has 7 heteroatoms. The highest BCUT2D eigenvalue weighted by molar-refractivity contribution is 5.78. The van der Waals surface area contributed by atoms with Crippen LogP contribution in [0, 0.1) is 18.3 Å². The largest absolute Gasteiger partial charge is 0.481 e. The summed E-state index contributed by atoms with van der Waals surface area (Å²) in [7, 11) is 0. The van der Waals surface area contributed by atoms with Gasteiger partial charge in [0, 0.05) is 24.8 Å². The second-order valence-electron chi connectivity index (χ2n) is 6.16. The van der Waals surface area contributed by atoms with Gasteiger partial charge in [-0.1, -0.05) is 6.42 Å². The number of carboxylic acid groups (broad SMARTS) is 1. The zero-order valence-corrected chi connectivity index (χ0v) is 11.9. The first kappa shape index (κ1) is 12.6. The van der Waals surface area contributed by atoms with Crippen LogP contribution in [0.25, 0.3) is 5.78 Å². The average molecular weight is 287 g/mol. The van der Waals surface area contributed by atoms with E-state index in [1.54, 1.807) is 4.52 Å². The summed E-state index contributed by atoms with van der Waals surface area (Å²) in [6, 6.07) is 1.96. The van der Waals surface area contributed by atoms with Crippen LogP contribution in [-0.4, -0.2) is 43.7 Å². The topological polar surface area (TPSA) is 83.6 Å². The molecule has 0 radical (unpaired) electrons. The second-order valence-corrected chi connectivity index (χ2v) is 6.16. The third-order valence-electron chi connectivity index (χ3n) is 4.98. The predicted octanol–water partition coefficient (Wildman–Crippen LogP) is 1.12. The summed E-state index contributed by atoms with van der Waals surface area (Å²) < 4.78 is 1.70. The quantitative estimate of drug-likeness (QED) is 0.891. The van der Waals surface area contributed by atoms with Crippen LogP contribution in [0.15, 0.2) is 12.4 Å². The van der Waals surface area contributed by atoms with Crippen molar-refractivity contribution in [1.29, 1.82) is 0 Å². The van der Waals surface area contributed by atoms with Gasteiger partial charge in [-0.2, -0.15) is 14.6 Å². The molecule has 2 atom stereocenters. The van der Waals surface area contributed by atoms with E-state index in [-0.39, 0.29) is 5.92 Å². The summed E-state index contributed by atoms with van der Waals surface area (Å²) in [6.07, 6.45) is 4.26. The van der Waals surface area contributed by atoms with Crippen LogP contribution in [0.1, 0.15) is 25.0 Å². The lowest BCUT2D eigenvalue weighted by Gasteiger charge is -2.24. The maximum atomic E-state index is 11.8. The Kier molecular flexibility index (Phi) is 2.49. The molecule has 1 N–H and O–H groups in total. The van der Waals surface area contributed by atoms with Gasteiger partial charge in [-0.3, -0.25) is 4.79 Å². The maximum Gasteiger partial charge on any atom is 0.311 e. The molecule has 2 fully saturated rings. The average Bonchev–Trinajstić information content (AvgIpc) is 3.09. The van der Waals surface area contributed by atoms with Gasteiger partial charge in [-0.25, -0.2) is 4.98 Å². The SMILES string of the molecule is Cc1cc(N2C[C@@H]3CCC[C@@]3(C(=O)O)C2)n2ncnc2n1. The van der Waals surface area contributed by atoms with Crippen LogP contribution in [0.3, 0.4) is 0 Å². The zero-order valence-electron chi connectivity index (χ0n) is 11.9. The van der Waals surface area contributed by atoms with Crippen molar-refractivity contribution in [3.05, 3.63) is 18.1 Å². The minimum atomic E-state index is -0.659. The third kappa shape index (κ3) is 1.66. The van der Waals surface area contributed by atoms with Crippen molar-refractivity contribution >= 4 is 17.6 Å². The molecule has 2 aliphatic rings. The van der Waals surface area contributed by atoms with Crippen LogP contribution in [0.5, 0.6) is 0 Å². The molecular weight excluding hydrogens is 270 g/mol. The number of aryl methyl sites for hydroxylation is 1. The highest BCUT2D eigenvalue weighted by atomic mass is 16.4. The molecule has 0 spiro atoms. The molecule has 0 unspecified atom stereocenters. The van der Waals surface area contributed by atoms with Gasteiger partial charge in [0.1, 0.15) is 12.1 Å². The molecule has 1 aliphatic heterocycles. The molecule has 4 rings (SSSR count). The Labute approximate surface area is 121 Å². The fourth-order valence-electron chi connectivity index (χ4n) is 3.95. The van der Waals surface area contributed by atoms with E-state index in [1.165, 1.54) is 6.33 Å². The van der Waals surface area contributed by atoms with Crippen LogP contribution in [-0.2, 0) is 4.79 Å². The van der Waals surface area contributed by atoms with Crippen LogP contribution in [0.4, 0.5) is 5.82 Å². The minimum absolute atomic E-state index is 0.224. The first-order chi connectivity index (χ1) is 10.1. The zero-order chi connectivity index (χ0) is 14.6. The van der Waals surface area contributed by atoms with E-state index in [2.05, 4.69) is 20.0 Å². The maximum absolute atomic E-state index is 11.8. The molecule has 2 aromatic heterocycles. The van der Waals surface area contributed by atoms with Gasteiger partial charge >= 0.3 is 5.97 Å². The smallest absolute Gasteiger partial charge is 0.311 e. The fourth-order valence-corrected chi connectivity index (χ4v) is 3.95. The van der Waals surface area contributed by atoms with Gasteiger partial charge < -0.3 is 10.0 Å².